The van der Waals surface area contributed by atoms with Gasteiger partial charge in [0.1, 0.15) is 5.76 Å². The smallest absolute Gasteiger partial charge is 0.416 e. The molecule has 150 valence electrons. The molecule has 1 atom stereocenters. The lowest BCUT2D eigenvalue weighted by molar-refractivity contribution is -0.137. The number of nitrogens with one attached hydrogen (secondary N) is 1. The van der Waals surface area contributed by atoms with E-state index in [-0.39, 0.29) is 24.9 Å². The normalized spacial score (nSPS) is 17.4. The van der Waals surface area contributed by atoms with Gasteiger partial charge in [0.05, 0.1) is 23.3 Å². The minimum atomic E-state index is -4.42. The molecule has 8 heteroatoms. The third-order valence-corrected chi connectivity index (χ3v) is 4.89. The highest BCUT2D eigenvalue weighted by Gasteiger charge is 2.31. The number of rotatable bonds is 4. The number of carbonyl (C=O) groups excluding carboxylic acids is 2. The maximum Gasteiger partial charge on any atom is 0.416 e. The highest BCUT2D eigenvalue weighted by Crippen LogP contribution is 2.29. The standard InChI is InChI=1S/C20H21F3N2O3/c1-13-17(7-9-28-13)19(27)25-8-3-5-15(12-25)18(26)24-11-14-4-2-6-16(10-14)20(21,22)23/h2,4,6-7,9-10,15H,3,5,8,11-12H2,1H3,(H,24,26)/t15-/m0/s1. The highest BCUT2D eigenvalue weighted by atomic mass is 19.4. The van der Waals surface area contributed by atoms with Crippen LogP contribution in [0.2, 0.25) is 0 Å². The molecule has 2 heterocycles. The predicted molar refractivity (Wildman–Crippen MR) is 95.4 cm³/mol. The third-order valence-electron chi connectivity index (χ3n) is 4.89. The third kappa shape index (κ3) is 4.55. The summed E-state index contributed by atoms with van der Waals surface area (Å²) >= 11 is 0. The summed E-state index contributed by atoms with van der Waals surface area (Å²) in [6.45, 7) is 2.54. The van der Waals surface area contributed by atoms with E-state index in [0.29, 0.717) is 36.3 Å². The Morgan fingerprint density at radius 2 is 2.07 bits per heavy atom. The molecule has 1 aromatic heterocycles. The Kier molecular flexibility index (Phi) is 5.76. The second kappa shape index (κ2) is 8.08. The molecule has 1 aromatic carbocycles. The molecule has 0 spiro atoms. The van der Waals surface area contributed by atoms with Crippen molar-refractivity contribution < 1.29 is 27.2 Å². The molecule has 1 aliphatic rings. The summed E-state index contributed by atoms with van der Waals surface area (Å²) < 4.78 is 43.5. The second-order valence-corrected chi connectivity index (χ2v) is 6.90. The van der Waals surface area contributed by atoms with E-state index in [1.54, 1.807) is 17.9 Å². The molecule has 0 bridgehead atoms. The largest absolute Gasteiger partial charge is 0.469 e. The first kappa shape index (κ1) is 20.0. The Balaban J connectivity index is 1.59. The number of amides is 2. The quantitative estimate of drug-likeness (QED) is 0.859. The summed E-state index contributed by atoms with van der Waals surface area (Å²) in [5.41, 5.74) is 0.107. The van der Waals surface area contributed by atoms with Crippen LogP contribution >= 0.6 is 0 Å². The molecule has 1 saturated heterocycles. The van der Waals surface area contributed by atoms with Gasteiger partial charge in [-0.1, -0.05) is 12.1 Å². The molecule has 1 fully saturated rings. The Morgan fingerprint density at radius 1 is 1.29 bits per heavy atom. The van der Waals surface area contributed by atoms with Crippen molar-refractivity contribution in [3.63, 3.8) is 0 Å². The van der Waals surface area contributed by atoms with Crippen molar-refractivity contribution in [1.29, 1.82) is 0 Å². The first-order valence-electron chi connectivity index (χ1n) is 9.03. The van der Waals surface area contributed by atoms with Gasteiger partial charge in [-0.2, -0.15) is 13.2 Å². The van der Waals surface area contributed by atoms with E-state index in [1.807, 2.05) is 0 Å². The number of hydrogen-bond acceptors (Lipinski definition) is 3. The Morgan fingerprint density at radius 3 is 2.75 bits per heavy atom. The van der Waals surface area contributed by atoms with E-state index in [4.69, 9.17) is 4.42 Å². The average Bonchev–Trinajstić information content (AvgIpc) is 3.11. The molecule has 2 aromatic rings. The Bertz CT molecular complexity index is 860. The van der Waals surface area contributed by atoms with E-state index in [2.05, 4.69) is 5.32 Å². The summed E-state index contributed by atoms with van der Waals surface area (Å²) in [6, 6.07) is 6.48. The average molecular weight is 394 g/mol. The summed E-state index contributed by atoms with van der Waals surface area (Å²) in [5, 5.41) is 2.69. The van der Waals surface area contributed by atoms with E-state index in [9.17, 15) is 22.8 Å². The van der Waals surface area contributed by atoms with Gasteiger partial charge in [0.25, 0.3) is 5.91 Å². The zero-order chi connectivity index (χ0) is 20.3. The van der Waals surface area contributed by atoms with Crippen LogP contribution in [0.3, 0.4) is 0 Å². The van der Waals surface area contributed by atoms with Crippen LogP contribution in [-0.2, 0) is 17.5 Å². The minimum absolute atomic E-state index is 0.00797. The number of benzene rings is 1. The highest BCUT2D eigenvalue weighted by molar-refractivity contribution is 5.95. The second-order valence-electron chi connectivity index (χ2n) is 6.90. The van der Waals surface area contributed by atoms with Gasteiger partial charge in [-0.3, -0.25) is 9.59 Å². The van der Waals surface area contributed by atoms with Crippen molar-refractivity contribution in [2.45, 2.75) is 32.5 Å². The van der Waals surface area contributed by atoms with Gasteiger partial charge in [-0.15, -0.1) is 0 Å². The molecule has 0 saturated carbocycles. The molecule has 1 N–H and O–H groups in total. The van der Waals surface area contributed by atoms with Crippen LogP contribution in [0.15, 0.2) is 41.0 Å². The summed E-state index contributed by atoms with van der Waals surface area (Å²) in [4.78, 5) is 26.7. The summed E-state index contributed by atoms with van der Waals surface area (Å²) in [6.07, 6.45) is -1.66. The monoisotopic (exact) mass is 394 g/mol. The van der Waals surface area contributed by atoms with Crippen LogP contribution in [0.5, 0.6) is 0 Å². The number of aryl methyl sites for hydroxylation is 1. The molecule has 0 radical (unpaired) electrons. The van der Waals surface area contributed by atoms with Gasteiger partial charge in [-0.25, -0.2) is 0 Å². The predicted octanol–water partition coefficient (Wildman–Crippen LogP) is 3.78. The van der Waals surface area contributed by atoms with Crippen LogP contribution in [0.1, 0.15) is 40.1 Å². The van der Waals surface area contributed by atoms with Crippen LogP contribution in [0.4, 0.5) is 13.2 Å². The molecular formula is C20H21F3N2O3. The van der Waals surface area contributed by atoms with Gasteiger partial charge in [0, 0.05) is 19.6 Å². The van der Waals surface area contributed by atoms with E-state index < -0.39 is 17.7 Å². The Hall–Kier alpha value is -2.77. The number of carbonyl (C=O) groups is 2. The lowest BCUT2D eigenvalue weighted by Gasteiger charge is -2.32. The number of alkyl halides is 3. The first-order valence-corrected chi connectivity index (χ1v) is 9.03. The lowest BCUT2D eigenvalue weighted by Crippen LogP contribution is -2.45. The number of furan rings is 1. The molecule has 3 rings (SSSR count). The van der Waals surface area contributed by atoms with Crippen LogP contribution < -0.4 is 5.32 Å². The van der Waals surface area contributed by atoms with Crippen molar-refractivity contribution in [1.82, 2.24) is 10.2 Å². The van der Waals surface area contributed by atoms with Gasteiger partial charge in [-0.05, 0) is 43.5 Å². The van der Waals surface area contributed by atoms with Crippen LogP contribution in [0.25, 0.3) is 0 Å². The van der Waals surface area contributed by atoms with Gasteiger partial charge in [0.2, 0.25) is 5.91 Å². The van der Waals surface area contributed by atoms with Crippen molar-refractivity contribution in [2.24, 2.45) is 5.92 Å². The zero-order valence-corrected chi connectivity index (χ0v) is 15.4. The van der Waals surface area contributed by atoms with Gasteiger partial charge in [0.15, 0.2) is 0 Å². The molecule has 0 unspecified atom stereocenters. The van der Waals surface area contributed by atoms with Gasteiger partial charge >= 0.3 is 6.18 Å². The summed E-state index contributed by atoms with van der Waals surface area (Å²) in [5.74, 6) is -0.308. The molecule has 0 aliphatic carbocycles. The van der Waals surface area contributed by atoms with Crippen molar-refractivity contribution in [3.05, 3.63) is 59.0 Å². The van der Waals surface area contributed by atoms with Crippen molar-refractivity contribution >= 4 is 11.8 Å². The topological polar surface area (TPSA) is 62.6 Å². The molecule has 28 heavy (non-hydrogen) atoms. The van der Waals surface area contributed by atoms with E-state index in [0.717, 1.165) is 12.1 Å². The first-order chi connectivity index (χ1) is 13.3. The number of likely N-dealkylation sites (tertiary alicyclic amines) is 1. The molecular weight excluding hydrogens is 373 g/mol. The van der Waals surface area contributed by atoms with E-state index in [1.165, 1.54) is 18.4 Å². The number of nitrogens with zero attached hydrogens (tertiary/aromatic N) is 1. The van der Waals surface area contributed by atoms with Crippen molar-refractivity contribution in [2.75, 3.05) is 13.1 Å². The zero-order valence-electron chi connectivity index (χ0n) is 15.4. The SMILES string of the molecule is Cc1occc1C(=O)N1CCC[C@H](C(=O)NCc2cccc(C(F)(F)F)c2)C1. The fourth-order valence-electron chi connectivity index (χ4n) is 3.34. The number of hydrogen-bond donors (Lipinski definition) is 1. The minimum Gasteiger partial charge on any atom is -0.469 e. The molecule has 5 nitrogen and oxygen atoms in total. The fourth-order valence-corrected chi connectivity index (χ4v) is 3.34. The van der Waals surface area contributed by atoms with Crippen LogP contribution in [-0.4, -0.2) is 29.8 Å². The van der Waals surface area contributed by atoms with E-state index >= 15 is 0 Å². The van der Waals surface area contributed by atoms with Gasteiger partial charge < -0.3 is 14.6 Å². The van der Waals surface area contributed by atoms with Crippen molar-refractivity contribution in [3.8, 4) is 0 Å². The maximum absolute atomic E-state index is 12.8. The Labute approximate surface area is 160 Å². The number of piperidine rings is 1. The summed E-state index contributed by atoms with van der Waals surface area (Å²) in [7, 11) is 0. The number of halogens is 3. The van der Waals surface area contributed by atoms with Crippen LogP contribution in [0, 0.1) is 12.8 Å². The fraction of sp³-hybridized carbons (Fsp3) is 0.400. The molecule has 1 aliphatic heterocycles. The lowest BCUT2D eigenvalue weighted by atomic mass is 9.96. The molecule has 2 amide bonds. The maximum atomic E-state index is 12.8.